The third-order valence-electron chi connectivity index (χ3n) is 5.78. The van der Waals surface area contributed by atoms with Crippen molar-refractivity contribution < 1.29 is 19.2 Å². The zero-order valence-electron chi connectivity index (χ0n) is 18.9. The van der Waals surface area contributed by atoms with Crippen LogP contribution in [0, 0.1) is 0 Å². The van der Waals surface area contributed by atoms with E-state index in [1.54, 1.807) is 18.2 Å². The zero-order valence-corrected chi connectivity index (χ0v) is 18.9. The zero-order chi connectivity index (χ0) is 23.8. The maximum absolute atomic E-state index is 11.2. The van der Waals surface area contributed by atoms with E-state index in [0.717, 1.165) is 33.1 Å². The summed E-state index contributed by atoms with van der Waals surface area (Å²) in [5, 5.41) is 19.6. The average molecular weight is 457 g/mol. The molecule has 0 unspecified atom stereocenters. The van der Waals surface area contributed by atoms with E-state index in [-0.39, 0.29) is 19.1 Å². The number of benzene rings is 3. The molecule has 3 N–H and O–H groups in total. The van der Waals surface area contributed by atoms with Gasteiger partial charge in [0.05, 0.1) is 17.3 Å². The lowest BCUT2D eigenvalue weighted by molar-refractivity contribution is -0.136. The summed E-state index contributed by atoms with van der Waals surface area (Å²) in [4.78, 5) is 11.2. The highest BCUT2D eigenvalue weighted by Crippen LogP contribution is 2.32. The Morgan fingerprint density at radius 1 is 1.09 bits per heavy atom. The molecular formula is C26H24N4O4. The maximum Gasteiger partial charge on any atom is 0.307 e. The van der Waals surface area contributed by atoms with Gasteiger partial charge in [0.15, 0.2) is 11.4 Å². The molecule has 0 aliphatic carbocycles. The van der Waals surface area contributed by atoms with Crippen molar-refractivity contribution in [3.05, 3.63) is 71.9 Å². The van der Waals surface area contributed by atoms with Crippen LogP contribution in [-0.2, 0) is 17.8 Å². The first-order chi connectivity index (χ1) is 16.4. The molecule has 0 saturated carbocycles. The van der Waals surface area contributed by atoms with Gasteiger partial charge in [-0.2, -0.15) is 5.10 Å². The van der Waals surface area contributed by atoms with Gasteiger partial charge in [-0.25, -0.2) is 0 Å². The van der Waals surface area contributed by atoms with Gasteiger partial charge in [-0.15, -0.1) is 0 Å². The highest BCUT2D eigenvalue weighted by molar-refractivity contribution is 5.93. The average Bonchev–Trinajstić information content (AvgIpc) is 3.38. The van der Waals surface area contributed by atoms with E-state index in [1.165, 1.54) is 0 Å². The largest absolute Gasteiger partial charge is 0.487 e. The lowest BCUT2D eigenvalue weighted by Gasteiger charge is -2.09. The summed E-state index contributed by atoms with van der Waals surface area (Å²) in [6.07, 6.45) is -0.101. The van der Waals surface area contributed by atoms with Gasteiger partial charge in [-0.1, -0.05) is 35.5 Å². The fraction of sp³-hybridized carbons (Fsp3) is 0.192. The monoisotopic (exact) mass is 456 g/mol. The van der Waals surface area contributed by atoms with Crippen LogP contribution in [0.5, 0.6) is 5.75 Å². The molecule has 8 heteroatoms. The minimum atomic E-state index is -0.902. The number of anilines is 1. The summed E-state index contributed by atoms with van der Waals surface area (Å²) in [7, 11) is 0. The molecule has 0 bridgehead atoms. The Balaban J connectivity index is 1.54. The maximum atomic E-state index is 11.2. The highest BCUT2D eigenvalue weighted by atomic mass is 16.5. The second-order valence-corrected chi connectivity index (χ2v) is 8.46. The molecule has 3 aromatic carbocycles. The van der Waals surface area contributed by atoms with Gasteiger partial charge in [0.1, 0.15) is 18.1 Å². The molecule has 0 spiro atoms. The van der Waals surface area contributed by atoms with E-state index >= 15 is 0 Å². The van der Waals surface area contributed by atoms with Crippen molar-refractivity contribution in [1.82, 2.24) is 14.9 Å². The first-order valence-electron chi connectivity index (χ1n) is 11.0. The molecule has 0 amide bonds. The summed E-state index contributed by atoms with van der Waals surface area (Å²) < 4.78 is 13.3. The Morgan fingerprint density at radius 2 is 1.82 bits per heavy atom. The number of para-hydroxylation sites is 1. The predicted octanol–water partition coefficient (Wildman–Crippen LogP) is 5.21. The lowest BCUT2D eigenvalue weighted by Crippen LogP contribution is -2.06. The van der Waals surface area contributed by atoms with Crippen LogP contribution in [0.3, 0.4) is 0 Å². The van der Waals surface area contributed by atoms with Gasteiger partial charge in [0, 0.05) is 17.0 Å². The van der Waals surface area contributed by atoms with Crippen LogP contribution in [0.4, 0.5) is 5.82 Å². The predicted molar refractivity (Wildman–Crippen MR) is 130 cm³/mol. The molecule has 2 heterocycles. The number of carboxylic acid groups (broad SMARTS) is 1. The number of ether oxygens (including phenoxy) is 1. The van der Waals surface area contributed by atoms with E-state index in [0.29, 0.717) is 22.7 Å². The number of carbonyl (C=O) groups is 1. The number of hydrogen-bond donors (Lipinski definition) is 2. The van der Waals surface area contributed by atoms with Crippen molar-refractivity contribution in [2.24, 2.45) is 0 Å². The molecule has 172 valence electrons. The van der Waals surface area contributed by atoms with E-state index in [1.807, 2.05) is 28.9 Å². The third-order valence-corrected chi connectivity index (χ3v) is 5.78. The van der Waals surface area contributed by atoms with Crippen molar-refractivity contribution in [3.63, 3.8) is 0 Å². The number of nitrogen functional groups attached to an aromatic ring is 1. The van der Waals surface area contributed by atoms with E-state index in [2.05, 4.69) is 37.2 Å². The van der Waals surface area contributed by atoms with Gasteiger partial charge in [0.25, 0.3) is 0 Å². The summed E-state index contributed by atoms with van der Waals surface area (Å²) >= 11 is 0. The molecule has 0 radical (unpaired) electrons. The number of nitrogens with zero attached hydrogens (tertiary/aromatic N) is 3. The number of rotatable bonds is 7. The Bertz CT molecular complexity index is 1520. The first kappa shape index (κ1) is 21.5. The normalized spacial score (nSPS) is 11.5. The second kappa shape index (κ2) is 8.55. The molecule has 5 rings (SSSR count). The minimum absolute atomic E-state index is 0.101. The first-order valence-corrected chi connectivity index (χ1v) is 11.0. The Hall–Kier alpha value is -4.33. The molecule has 2 aromatic heterocycles. The summed E-state index contributed by atoms with van der Waals surface area (Å²) in [5.41, 5.74) is 11.0. The fourth-order valence-corrected chi connectivity index (χ4v) is 4.12. The van der Waals surface area contributed by atoms with E-state index in [9.17, 15) is 9.90 Å². The molecule has 34 heavy (non-hydrogen) atoms. The van der Waals surface area contributed by atoms with Crippen molar-refractivity contribution in [2.75, 3.05) is 5.73 Å². The minimum Gasteiger partial charge on any atom is -0.487 e. The number of aliphatic carboxylic acids is 1. The van der Waals surface area contributed by atoms with Crippen LogP contribution in [0.2, 0.25) is 0 Å². The molecule has 0 aliphatic heterocycles. The molecular weight excluding hydrogens is 432 g/mol. The highest BCUT2D eigenvalue weighted by Gasteiger charge is 2.16. The quantitative estimate of drug-likeness (QED) is 0.345. The van der Waals surface area contributed by atoms with Crippen LogP contribution in [0.25, 0.3) is 33.0 Å². The molecule has 0 atom stereocenters. The van der Waals surface area contributed by atoms with Gasteiger partial charge >= 0.3 is 5.97 Å². The van der Waals surface area contributed by atoms with Crippen molar-refractivity contribution >= 4 is 33.7 Å². The van der Waals surface area contributed by atoms with Crippen LogP contribution in [0.1, 0.15) is 31.1 Å². The van der Waals surface area contributed by atoms with Crippen molar-refractivity contribution in [2.45, 2.75) is 32.9 Å². The summed E-state index contributed by atoms with van der Waals surface area (Å²) in [5.74, 6) is 0.00186. The number of aromatic nitrogens is 3. The van der Waals surface area contributed by atoms with Crippen LogP contribution < -0.4 is 10.5 Å². The standard InChI is InChI=1S/C26H24N4O4/c1-15(2)30-22-9-7-16(17-8-10-24-20(12-17)26(27)29-34-24)11-19(22)21(28-30)14-33-23-6-4-3-5-18(23)13-25(31)32/h3-12,15H,13-14H2,1-2H3,(H2,27,29)(H,31,32). The lowest BCUT2D eigenvalue weighted by atomic mass is 10.0. The SMILES string of the molecule is CC(C)n1nc(COc2ccccc2CC(=O)O)c2cc(-c3ccc4onc(N)c4c3)ccc21. The van der Waals surface area contributed by atoms with Gasteiger partial charge in [-0.3, -0.25) is 9.48 Å². The third kappa shape index (κ3) is 3.94. The second-order valence-electron chi connectivity index (χ2n) is 8.46. The number of hydrogen-bond acceptors (Lipinski definition) is 6. The Kier molecular flexibility index (Phi) is 5.41. The summed E-state index contributed by atoms with van der Waals surface area (Å²) in [6.45, 7) is 4.37. The fourth-order valence-electron chi connectivity index (χ4n) is 4.12. The topological polar surface area (TPSA) is 116 Å². The van der Waals surface area contributed by atoms with Crippen LogP contribution in [0.15, 0.2) is 65.2 Å². The Labute approximate surface area is 195 Å². The Morgan fingerprint density at radius 3 is 2.59 bits per heavy atom. The van der Waals surface area contributed by atoms with Gasteiger partial charge in [-0.05, 0) is 55.3 Å². The molecule has 0 saturated heterocycles. The van der Waals surface area contributed by atoms with Crippen LogP contribution >= 0.6 is 0 Å². The molecule has 0 fully saturated rings. The van der Waals surface area contributed by atoms with E-state index in [4.69, 9.17) is 20.1 Å². The number of nitrogens with two attached hydrogens (primary N) is 1. The number of carboxylic acids is 1. The van der Waals surface area contributed by atoms with Gasteiger partial charge in [0.2, 0.25) is 0 Å². The van der Waals surface area contributed by atoms with Crippen molar-refractivity contribution in [3.8, 4) is 16.9 Å². The molecule has 8 nitrogen and oxygen atoms in total. The van der Waals surface area contributed by atoms with Crippen molar-refractivity contribution in [1.29, 1.82) is 0 Å². The van der Waals surface area contributed by atoms with E-state index < -0.39 is 5.97 Å². The molecule has 0 aliphatic rings. The summed E-state index contributed by atoms with van der Waals surface area (Å²) in [6, 6.07) is 19.3. The smallest absolute Gasteiger partial charge is 0.307 e. The molecule has 5 aromatic rings. The van der Waals surface area contributed by atoms with Gasteiger partial charge < -0.3 is 20.1 Å². The van der Waals surface area contributed by atoms with Crippen LogP contribution in [-0.4, -0.2) is 26.0 Å². The number of fused-ring (bicyclic) bond motifs is 2.